The number of nitrogens with one attached hydrogen (secondary N) is 2. The van der Waals surface area contributed by atoms with Crippen molar-refractivity contribution in [3.8, 4) is 0 Å². The van der Waals surface area contributed by atoms with E-state index in [1.165, 1.54) is 18.5 Å². The molecule has 0 unspecified atom stereocenters. The summed E-state index contributed by atoms with van der Waals surface area (Å²) in [5.74, 6) is 0.718. The molecule has 5 nitrogen and oxygen atoms in total. The van der Waals surface area contributed by atoms with Gasteiger partial charge < -0.3 is 5.32 Å². The second-order valence-corrected chi connectivity index (χ2v) is 4.86. The molecule has 1 aliphatic rings. The summed E-state index contributed by atoms with van der Waals surface area (Å²) in [6, 6.07) is 4.23. The lowest BCUT2D eigenvalue weighted by molar-refractivity contribution is 0.616. The lowest BCUT2D eigenvalue weighted by Crippen LogP contribution is -2.13. The summed E-state index contributed by atoms with van der Waals surface area (Å²) in [6.07, 6.45) is 4.61. The van der Waals surface area contributed by atoms with Crippen LogP contribution in [0.4, 0.5) is 0 Å². The topological polar surface area (TPSA) is 58.5 Å². The zero-order chi connectivity index (χ0) is 12.4. The minimum atomic E-state index is 0.718. The van der Waals surface area contributed by atoms with E-state index in [2.05, 4.69) is 39.7 Å². The fourth-order valence-electron chi connectivity index (χ4n) is 2.06. The SMILES string of the molecule is CCn1ccc(CNCc2cc(C3CC3)n[nH]2)n1. The third-order valence-electron chi connectivity index (χ3n) is 3.29. The van der Waals surface area contributed by atoms with Gasteiger partial charge in [-0.1, -0.05) is 0 Å². The molecule has 1 fully saturated rings. The molecule has 0 aromatic carbocycles. The van der Waals surface area contributed by atoms with Crippen LogP contribution in [0.1, 0.15) is 42.8 Å². The van der Waals surface area contributed by atoms with Crippen LogP contribution in [0, 0.1) is 0 Å². The normalized spacial score (nSPS) is 15.2. The molecule has 0 saturated heterocycles. The Morgan fingerprint density at radius 2 is 2.33 bits per heavy atom. The highest BCUT2D eigenvalue weighted by molar-refractivity contribution is 5.17. The summed E-state index contributed by atoms with van der Waals surface area (Å²) in [7, 11) is 0. The molecule has 5 heteroatoms. The summed E-state index contributed by atoms with van der Waals surface area (Å²) in [5.41, 5.74) is 3.47. The highest BCUT2D eigenvalue weighted by Gasteiger charge is 2.25. The average molecular weight is 245 g/mol. The van der Waals surface area contributed by atoms with E-state index in [0.717, 1.165) is 36.9 Å². The Morgan fingerprint density at radius 1 is 1.44 bits per heavy atom. The molecular weight excluding hydrogens is 226 g/mol. The van der Waals surface area contributed by atoms with Gasteiger partial charge in [-0.15, -0.1) is 0 Å². The number of H-pyrrole nitrogens is 1. The highest BCUT2D eigenvalue weighted by Crippen LogP contribution is 2.38. The second-order valence-electron chi connectivity index (χ2n) is 4.86. The number of aromatic nitrogens is 4. The molecule has 0 atom stereocenters. The maximum Gasteiger partial charge on any atom is 0.0762 e. The minimum Gasteiger partial charge on any atom is -0.305 e. The first-order valence-electron chi connectivity index (χ1n) is 6.62. The van der Waals surface area contributed by atoms with Gasteiger partial charge in [0.05, 0.1) is 11.4 Å². The van der Waals surface area contributed by atoms with Gasteiger partial charge in [0, 0.05) is 37.4 Å². The molecule has 0 spiro atoms. The van der Waals surface area contributed by atoms with Crippen molar-refractivity contribution in [2.75, 3.05) is 0 Å². The average Bonchev–Trinajstić information content (AvgIpc) is 2.96. The number of aryl methyl sites for hydroxylation is 1. The largest absolute Gasteiger partial charge is 0.305 e. The van der Waals surface area contributed by atoms with Crippen molar-refractivity contribution in [3.05, 3.63) is 35.4 Å². The molecule has 0 amide bonds. The summed E-state index contributed by atoms with van der Waals surface area (Å²) < 4.78 is 1.94. The van der Waals surface area contributed by atoms with E-state index in [-0.39, 0.29) is 0 Å². The number of rotatable bonds is 6. The van der Waals surface area contributed by atoms with Gasteiger partial charge >= 0.3 is 0 Å². The Balaban J connectivity index is 1.48. The molecule has 2 aromatic rings. The van der Waals surface area contributed by atoms with Crippen molar-refractivity contribution >= 4 is 0 Å². The molecule has 1 saturated carbocycles. The molecule has 1 aliphatic carbocycles. The lowest BCUT2D eigenvalue weighted by atomic mass is 10.2. The summed E-state index contributed by atoms with van der Waals surface area (Å²) in [4.78, 5) is 0. The van der Waals surface area contributed by atoms with E-state index in [9.17, 15) is 0 Å². The summed E-state index contributed by atoms with van der Waals surface area (Å²) >= 11 is 0. The molecule has 0 bridgehead atoms. The molecule has 96 valence electrons. The molecule has 3 rings (SSSR count). The van der Waals surface area contributed by atoms with Crippen LogP contribution in [0.25, 0.3) is 0 Å². The Kier molecular flexibility index (Phi) is 3.15. The number of hydrogen-bond donors (Lipinski definition) is 2. The van der Waals surface area contributed by atoms with Crippen LogP contribution in [0.5, 0.6) is 0 Å². The lowest BCUT2D eigenvalue weighted by Gasteiger charge is -1.99. The second kappa shape index (κ2) is 4.94. The molecule has 0 radical (unpaired) electrons. The van der Waals surface area contributed by atoms with E-state index in [4.69, 9.17) is 0 Å². The third-order valence-corrected chi connectivity index (χ3v) is 3.29. The smallest absolute Gasteiger partial charge is 0.0762 e. The van der Waals surface area contributed by atoms with Crippen molar-refractivity contribution in [2.45, 2.75) is 45.3 Å². The first-order chi connectivity index (χ1) is 8.85. The van der Waals surface area contributed by atoms with Crippen molar-refractivity contribution in [2.24, 2.45) is 0 Å². The van der Waals surface area contributed by atoms with Gasteiger partial charge in [-0.05, 0) is 31.9 Å². The van der Waals surface area contributed by atoms with Gasteiger partial charge in [0.1, 0.15) is 0 Å². The zero-order valence-corrected chi connectivity index (χ0v) is 10.7. The maximum atomic E-state index is 4.43. The first kappa shape index (κ1) is 11.5. The van der Waals surface area contributed by atoms with Gasteiger partial charge in [0.25, 0.3) is 0 Å². The van der Waals surface area contributed by atoms with Crippen molar-refractivity contribution in [1.29, 1.82) is 0 Å². The molecular formula is C13H19N5. The Morgan fingerprint density at radius 3 is 3.06 bits per heavy atom. The van der Waals surface area contributed by atoms with Crippen molar-refractivity contribution < 1.29 is 0 Å². The monoisotopic (exact) mass is 245 g/mol. The van der Waals surface area contributed by atoms with Crippen LogP contribution >= 0.6 is 0 Å². The number of nitrogens with zero attached hydrogens (tertiary/aromatic N) is 3. The summed E-state index contributed by atoms with van der Waals surface area (Å²) in [6.45, 7) is 4.63. The van der Waals surface area contributed by atoms with Gasteiger partial charge in [0.15, 0.2) is 0 Å². The maximum absolute atomic E-state index is 4.43. The third kappa shape index (κ3) is 2.61. The van der Waals surface area contributed by atoms with Crippen LogP contribution < -0.4 is 5.32 Å². The zero-order valence-electron chi connectivity index (χ0n) is 10.7. The van der Waals surface area contributed by atoms with Gasteiger partial charge in [-0.25, -0.2) is 0 Å². The molecule has 0 aliphatic heterocycles. The predicted octanol–water partition coefficient (Wildman–Crippen LogP) is 1.79. The van der Waals surface area contributed by atoms with Gasteiger partial charge in [-0.3, -0.25) is 9.78 Å². The molecule has 18 heavy (non-hydrogen) atoms. The van der Waals surface area contributed by atoms with Gasteiger partial charge in [0.2, 0.25) is 0 Å². The molecule has 2 N–H and O–H groups in total. The van der Waals surface area contributed by atoms with Crippen LogP contribution in [-0.2, 0) is 19.6 Å². The van der Waals surface area contributed by atoms with E-state index < -0.39 is 0 Å². The summed E-state index contributed by atoms with van der Waals surface area (Å²) in [5, 5.41) is 15.2. The van der Waals surface area contributed by atoms with Crippen LogP contribution in [0.2, 0.25) is 0 Å². The standard InChI is InChI=1S/C13H19N5/c1-2-18-6-5-11(17-18)8-14-9-12-7-13(16-15-12)10-3-4-10/h5-7,10,14H,2-4,8-9H2,1H3,(H,15,16). The Hall–Kier alpha value is -1.62. The highest BCUT2D eigenvalue weighted by atomic mass is 15.3. The van der Waals surface area contributed by atoms with E-state index in [1.807, 2.05) is 10.9 Å². The van der Waals surface area contributed by atoms with Crippen LogP contribution in [0.15, 0.2) is 18.3 Å². The molecule has 2 heterocycles. The predicted molar refractivity (Wildman–Crippen MR) is 69.0 cm³/mol. The minimum absolute atomic E-state index is 0.718. The fourth-order valence-corrected chi connectivity index (χ4v) is 2.06. The van der Waals surface area contributed by atoms with Crippen LogP contribution in [-0.4, -0.2) is 20.0 Å². The first-order valence-corrected chi connectivity index (χ1v) is 6.62. The van der Waals surface area contributed by atoms with Crippen LogP contribution in [0.3, 0.4) is 0 Å². The fraction of sp³-hybridized carbons (Fsp3) is 0.538. The number of aromatic amines is 1. The van der Waals surface area contributed by atoms with Crippen molar-refractivity contribution in [3.63, 3.8) is 0 Å². The van der Waals surface area contributed by atoms with E-state index in [0.29, 0.717) is 0 Å². The number of hydrogen-bond acceptors (Lipinski definition) is 3. The van der Waals surface area contributed by atoms with E-state index in [1.54, 1.807) is 0 Å². The Bertz CT molecular complexity index is 509. The van der Waals surface area contributed by atoms with E-state index >= 15 is 0 Å². The quantitative estimate of drug-likeness (QED) is 0.815. The Labute approximate surface area is 107 Å². The van der Waals surface area contributed by atoms with Gasteiger partial charge in [-0.2, -0.15) is 10.2 Å². The molecule has 2 aromatic heterocycles. The van der Waals surface area contributed by atoms with Crippen molar-refractivity contribution in [1.82, 2.24) is 25.3 Å².